The molecule has 1 aromatic rings. The van der Waals surface area contributed by atoms with Crippen molar-refractivity contribution in [2.45, 2.75) is 26.4 Å². The van der Waals surface area contributed by atoms with E-state index in [-0.39, 0.29) is 11.4 Å². The Kier molecular flexibility index (Phi) is 2.36. The van der Waals surface area contributed by atoms with Gasteiger partial charge in [-0.05, 0) is 32.9 Å². The summed E-state index contributed by atoms with van der Waals surface area (Å²) in [5.74, 6) is 0.681. The van der Waals surface area contributed by atoms with Crippen LogP contribution < -0.4 is 10.5 Å². The molecule has 3 nitrogen and oxygen atoms in total. The minimum Gasteiger partial charge on any atom is -0.506 e. The maximum atomic E-state index is 9.29. The lowest BCUT2D eigenvalue weighted by Gasteiger charge is -2.21. The van der Waals surface area contributed by atoms with Crippen molar-refractivity contribution in [2.75, 3.05) is 5.73 Å². The van der Waals surface area contributed by atoms with Crippen molar-refractivity contribution in [1.29, 1.82) is 0 Å². The van der Waals surface area contributed by atoms with Crippen LogP contribution in [0.1, 0.15) is 20.8 Å². The van der Waals surface area contributed by atoms with Crippen molar-refractivity contribution in [3.05, 3.63) is 18.2 Å². The molecule has 3 N–H and O–H groups in total. The van der Waals surface area contributed by atoms with Crippen LogP contribution in [-0.4, -0.2) is 10.7 Å². The van der Waals surface area contributed by atoms with Gasteiger partial charge in [-0.25, -0.2) is 0 Å². The maximum absolute atomic E-state index is 9.29. The summed E-state index contributed by atoms with van der Waals surface area (Å²) in [6, 6.07) is 4.87. The van der Waals surface area contributed by atoms with Gasteiger partial charge in [-0.3, -0.25) is 0 Å². The Labute approximate surface area is 78.1 Å². The number of nitrogens with two attached hydrogens (primary N) is 1. The third-order valence-corrected chi connectivity index (χ3v) is 1.43. The highest BCUT2D eigenvalue weighted by Gasteiger charge is 2.12. The second kappa shape index (κ2) is 3.17. The van der Waals surface area contributed by atoms with Crippen LogP contribution >= 0.6 is 0 Å². The number of rotatable bonds is 1. The number of nitrogen functional groups attached to an aromatic ring is 1. The molecule has 13 heavy (non-hydrogen) atoms. The van der Waals surface area contributed by atoms with Crippen LogP contribution in [0.25, 0.3) is 0 Å². The molecular weight excluding hydrogens is 166 g/mol. The lowest BCUT2D eigenvalue weighted by atomic mass is 10.2. The largest absolute Gasteiger partial charge is 0.506 e. The van der Waals surface area contributed by atoms with Crippen molar-refractivity contribution < 1.29 is 9.84 Å². The number of anilines is 1. The first kappa shape index (κ1) is 9.71. The predicted octanol–water partition coefficient (Wildman–Crippen LogP) is 2.15. The number of aromatic hydroxyl groups is 1. The molecule has 72 valence electrons. The Morgan fingerprint density at radius 1 is 1.31 bits per heavy atom. The Bertz CT molecular complexity index is 302. The van der Waals surface area contributed by atoms with Gasteiger partial charge in [0, 0.05) is 6.07 Å². The third-order valence-electron chi connectivity index (χ3n) is 1.43. The minimum absolute atomic E-state index is 0.0572. The summed E-state index contributed by atoms with van der Waals surface area (Å²) in [7, 11) is 0. The van der Waals surface area contributed by atoms with E-state index in [0.717, 1.165) is 0 Å². The lowest BCUT2D eigenvalue weighted by molar-refractivity contribution is 0.130. The van der Waals surface area contributed by atoms with Gasteiger partial charge in [0.05, 0.1) is 5.69 Å². The van der Waals surface area contributed by atoms with Gasteiger partial charge in [-0.15, -0.1) is 0 Å². The fraction of sp³-hybridized carbons (Fsp3) is 0.400. The molecule has 0 radical (unpaired) electrons. The van der Waals surface area contributed by atoms with Gasteiger partial charge in [0.2, 0.25) is 0 Å². The first-order chi connectivity index (χ1) is 5.88. The first-order valence-electron chi connectivity index (χ1n) is 4.16. The Balaban J connectivity index is 2.86. The molecule has 0 saturated heterocycles. The van der Waals surface area contributed by atoms with Crippen molar-refractivity contribution in [1.82, 2.24) is 0 Å². The summed E-state index contributed by atoms with van der Waals surface area (Å²) < 4.78 is 5.52. The van der Waals surface area contributed by atoms with Crippen molar-refractivity contribution >= 4 is 5.69 Å². The molecule has 0 aliphatic rings. The van der Waals surface area contributed by atoms with Gasteiger partial charge in [0.25, 0.3) is 0 Å². The van der Waals surface area contributed by atoms with Crippen molar-refractivity contribution in [3.8, 4) is 11.5 Å². The normalized spacial score (nSPS) is 11.3. The Morgan fingerprint density at radius 2 is 1.92 bits per heavy atom. The van der Waals surface area contributed by atoms with Gasteiger partial charge in [0.15, 0.2) is 0 Å². The highest BCUT2D eigenvalue weighted by Crippen LogP contribution is 2.27. The van der Waals surface area contributed by atoms with E-state index in [1.54, 1.807) is 12.1 Å². The first-order valence-corrected chi connectivity index (χ1v) is 4.16. The van der Waals surface area contributed by atoms with Gasteiger partial charge >= 0.3 is 0 Å². The number of ether oxygens (including phenoxy) is 1. The van der Waals surface area contributed by atoms with E-state index in [9.17, 15) is 5.11 Å². The summed E-state index contributed by atoms with van der Waals surface area (Å²) in [6.45, 7) is 5.83. The zero-order valence-electron chi connectivity index (χ0n) is 8.16. The molecule has 0 saturated carbocycles. The highest BCUT2D eigenvalue weighted by atomic mass is 16.5. The predicted molar refractivity (Wildman–Crippen MR) is 52.9 cm³/mol. The molecule has 0 unspecified atom stereocenters. The topological polar surface area (TPSA) is 55.5 Å². The smallest absolute Gasteiger partial charge is 0.142 e. The molecule has 0 atom stereocenters. The van der Waals surface area contributed by atoms with E-state index in [4.69, 9.17) is 10.5 Å². The van der Waals surface area contributed by atoms with E-state index in [1.165, 1.54) is 6.07 Å². The van der Waals surface area contributed by atoms with Crippen molar-refractivity contribution in [3.63, 3.8) is 0 Å². The molecule has 0 fully saturated rings. The molecule has 0 heterocycles. The van der Waals surface area contributed by atoms with Crippen LogP contribution in [0.2, 0.25) is 0 Å². The van der Waals surface area contributed by atoms with E-state index >= 15 is 0 Å². The van der Waals surface area contributed by atoms with Gasteiger partial charge in [0.1, 0.15) is 17.1 Å². The molecule has 3 heteroatoms. The zero-order chi connectivity index (χ0) is 10.1. The molecule has 0 spiro atoms. The molecule has 1 aromatic carbocycles. The number of hydrogen-bond acceptors (Lipinski definition) is 3. The average molecular weight is 181 g/mol. The van der Waals surface area contributed by atoms with E-state index in [1.807, 2.05) is 20.8 Å². The number of hydrogen-bond donors (Lipinski definition) is 2. The van der Waals surface area contributed by atoms with Crippen molar-refractivity contribution in [2.24, 2.45) is 0 Å². The SMILES string of the molecule is CC(C)(C)Oc1ccc(N)c(O)c1. The lowest BCUT2D eigenvalue weighted by Crippen LogP contribution is -2.22. The van der Waals surface area contributed by atoms with Crippen LogP contribution in [0.5, 0.6) is 11.5 Å². The van der Waals surface area contributed by atoms with Gasteiger partial charge in [-0.1, -0.05) is 0 Å². The summed E-state index contributed by atoms with van der Waals surface area (Å²) in [6.07, 6.45) is 0. The summed E-state index contributed by atoms with van der Waals surface area (Å²) in [5, 5.41) is 9.29. The number of phenolic OH excluding ortho intramolecular Hbond substituents is 1. The quantitative estimate of drug-likeness (QED) is 0.515. The standard InChI is InChI=1S/C10H15NO2/c1-10(2,3)13-7-4-5-8(11)9(12)6-7/h4-6,12H,11H2,1-3H3. The summed E-state index contributed by atoms with van der Waals surface area (Å²) >= 11 is 0. The second-order valence-corrected chi connectivity index (χ2v) is 3.94. The third kappa shape index (κ3) is 2.86. The highest BCUT2D eigenvalue weighted by molar-refractivity contribution is 5.54. The van der Waals surface area contributed by atoms with Crippen LogP contribution in [0.3, 0.4) is 0 Å². The summed E-state index contributed by atoms with van der Waals surface area (Å²) in [5.41, 5.74) is 5.55. The number of phenols is 1. The van der Waals surface area contributed by atoms with Crippen LogP contribution in [-0.2, 0) is 0 Å². The van der Waals surface area contributed by atoms with Gasteiger partial charge in [-0.2, -0.15) is 0 Å². The molecule has 0 aliphatic carbocycles. The van der Waals surface area contributed by atoms with Crippen LogP contribution in [0, 0.1) is 0 Å². The maximum Gasteiger partial charge on any atom is 0.142 e. The number of benzene rings is 1. The fourth-order valence-corrected chi connectivity index (χ4v) is 0.941. The molecule has 0 amide bonds. The molecular formula is C10H15NO2. The van der Waals surface area contributed by atoms with Crippen LogP contribution in [0.15, 0.2) is 18.2 Å². The average Bonchev–Trinajstić information content (AvgIpc) is 1.94. The van der Waals surface area contributed by atoms with E-state index < -0.39 is 0 Å². The van der Waals surface area contributed by atoms with Crippen LogP contribution in [0.4, 0.5) is 5.69 Å². The van der Waals surface area contributed by atoms with E-state index in [2.05, 4.69) is 0 Å². The van der Waals surface area contributed by atoms with E-state index in [0.29, 0.717) is 11.4 Å². The molecule has 0 bridgehead atoms. The molecule has 0 aliphatic heterocycles. The van der Waals surface area contributed by atoms with Gasteiger partial charge < -0.3 is 15.6 Å². The monoisotopic (exact) mass is 181 g/mol. The zero-order valence-corrected chi connectivity index (χ0v) is 8.16. The Morgan fingerprint density at radius 3 is 2.38 bits per heavy atom. The fourth-order valence-electron chi connectivity index (χ4n) is 0.941. The molecule has 1 rings (SSSR count). The summed E-state index contributed by atoms with van der Waals surface area (Å²) in [4.78, 5) is 0. The second-order valence-electron chi connectivity index (χ2n) is 3.94. The Hall–Kier alpha value is -1.38. The molecule has 0 aromatic heterocycles. The minimum atomic E-state index is -0.261.